The number of aromatic hydroxyl groups is 1. The van der Waals surface area contributed by atoms with Gasteiger partial charge in [0.15, 0.2) is 0 Å². The second-order valence-corrected chi connectivity index (χ2v) is 10.1. The SMILES string of the molecule is CCC(C)[C@H](c1cc(C(C)(C)C)c(O)c(C(C)(C)C)c1)N1CCNCC1.Cl.Cl. The fraction of sp³-hybridized carbons (Fsp3) is 0.739. The van der Waals surface area contributed by atoms with Crippen LogP contribution >= 0.6 is 24.8 Å². The van der Waals surface area contributed by atoms with Crippen molar-refractivity contribution in [3.63, 3.8) is 0 Å². The summed E-state index contributed by atoms with van der Waals surface area (Å²) in [6.45, 7) is 22.1. The molecule has 0 spiro atoms. The number of phenolic OH excluding ortho intramolecular Hbond substituents is 1. The van der Waals surface area contributed by atoms with Gasteiger partial charge in [0.1, 0.15) is 5.75 Å². The lowest BCUT2D eigenvalue weighted by Gasteiger charge is -2.40. The Balaban J connectivity index is 0.00000364. The van der Waals surface area contributed by atoms with Crippen LogP contribution in [0.15, 0.2) is 12.1 Å². The zero-order valence-corrected chi connectivity index (χ0v) is 20.7. The van der Waals surface area contributed by atoms with Crippen molar-refractivity contribution in [1.29, 1.82) is 0 Å². The number of phenols is 1. The van der Waals surface area contributed by atoms with Crippen molar-refractivity contribution in [2.75, 3.05) is 26.2 Å². The minimum Gasteiger partial charge on any atom is -0.507 e. The third-order valence-corrected chi connectivity index (χ3v) is 5.82. The zero-order chi connectivity index (χ0) is 19.7. The molecule has 0 aliphatic carbocycles. The van der Waals surface area contributed by atoms with Crippen LogP contribution in [0.5, 0.6) is 5.75 Å². The molecule has 1 unspecified atom stereocenters. The first kappa shape index (κ1) is 27.5. The summed E-state index contributed by atoms with van der Waals surface area (Å²) >= 11 is 0. The molecule has 164 valence electrons. The lowest BCUT2D eigenvalue weighted by atomic mass is 9.76. The first-order chi connectivity index (χ1) is 12.0. The summed E-state index contributed by atoms with van der Waals surface area (Å²) in [5.41, 5.74) is 3.35. The van der Waals surface area contributed by atoms with Crippen molar-refractivity contribution in [1.82, 2.24) is 10.2 Å². The number of benzene rings is 1. The summed E-state index contributed by atoms with van der Waals surface area (Å²) in [6, 6.07) is 4.97. The molecule has 2 atom stereocenters. The molecule has 0 saturated carbocycles. The van der Waals surface area contributed by atoms with Gasteiger partial charge in [-0.15, -0.1) is 24.8 Å². The molecule has 28 heavy (non-hydrogen) atoms. The van der Waals surface area contributed by atoms with E-state index in [0.29, 0.717) is 17.7 Å². The van der Waals surface area contributed by atoms with E-state index in [1.54, 1.807) is 0 Å². The van der Waals surface area contributed by atoms with Gasteiger partial charge in [-0.3, -0.25) is 4.90 Å². The summed E-state index contributed by atoms with van der Waals surface area (Å²) in [4.78, 5) is 2.63. The van der Waals surface area contributed by atoms with Crippen LogP contribution in [0.1, 0.15) is 84.5 Å². The summed E-state index contributed by atoms with van der Waals surface area (Å²) in [7, 11) is 0. The van der Waals surface area contributed by atoms with Gasteiger partial charge in [0.25, 0.3) is 0 Å². The van der Waals surface area contributed by atoms with Gasteiger partial charge in [-0.2, -0.15) is 0 Å². The van der Waals surface area contributed by atoms with Crippen LogP contribution in [0.2, 0.25) is 0 Å². The monoisotopic (exact) mass is 432 g/mol. The maximum atomic E-state index is 11.0. The molecule has 2 rings (SSSR count). The molecule has 1 fully saturated rings. The maximum absolute atomic E-state index is 11.0. The molecule has 5 heteroatoms. The Labute approximate surface area is 185 Å². The van der Waals surface area contributed by atoms with Crippen LogP contribution in [0, 0.1) is 5.92 Å². The van der Waals surface area contributed by atoms with Gasteiger partial charge >= 0.3 is 0 Å². The van der Waals surface area contributed by atoms with Gasteiger partial charge in [0.2, 0.25) is 0 Å². The first-order valence-electron chi connectivity index (χ1n) is 10.3. The second kappa shape index (κ2) is 10.5. The first-order valence-corrected chi connectivity index (χ1v) is 10.3. The third-order valence-electron chi connectivity index (χ3n) is 5.82. The molecular weight excluding hydrogens is 391 g/mol. The van der Waals surface area contributed by atoms with E-state index in [4.69, 9.17) is 0 Å². The van der Waals surface area contributed by atoms with Crippen LogP contribution in [-0.4, -0.2) is 36.2 Å². The van der Waals surface area contributed by atoms with Gasteiger partial charge in [-0.1, -0.05) is 61.8 Å². The van der Waals surface area contributed by atoms with Gasteiger partial charge in [0, 0.05) is 32.2 Å². The highest BCUT2D eigenvalue weighted by Gasteiger charge is 2.32. The molecule has 1 heterocycles. The molecule has 0 radical (unpaired) electrons. The third kappa shape index (κ3) is 6.26. The van der Waals surface area contributed by atoms with E-state index in [1.807, 2.05) is 0 Å². The predicted octanol–water partition coefficient (Wildman–Crippen LogP) is 5.82. The van der Waals surface area contributed by atoms with E-state index < -0.39 is 0 Å². The van der Waals surface area contributed by atoms with Gasteiger partial charge in [-0.25, -0.2) is 0 Å². The predicted molar refractivity (Wildman–Crippen MR) is 127 cm³/mol. The molecule has 0 amide bonds. The highest BCUT2D eigenvalue weighted by Crippen LogP contribution is 2.43. The fourth-order valence-corrected chi connectivity index (χ4v) is 4.05. The smallest absolute Gasteiger partial charge is 0.123 e. The van der Waals surface area contributed by atoms with Gasteiger partial charge in [0.05, 0.1) is 0 Å². The van der Waals surface area contributed by atoms with E-state index in [1.165, 1.54) is 5.56 Å². The summed E-state index contributed by atoms with van der Waals surface area (Å²) in [5, 5.41) is 14.5. The van der Waals surface area contributed by atoms with Crippen molar-refractivity contribution in [3.05, 3.63) is 28.8 Å². The van der Waals surface area contributed by atoms with Crippen LogP contribution in [0.4, 0.5) is 0 Å². The Morgan fingerprint density at radius 2 is 1.39 bits per heavy atom. The number of nitrogens with one attached hydrogen (secondary N) is 1. The van der Waals surface area contributed by atoms with Crippen LogP contribution in [-0.2, 0) is 10.8 Å². The van der Waals surface area contributed by atoms with Crippen molar-refractivity contribution in [2.45, 2.75) is 78.7 Å². The second-order valence-electron chi connectivity index (χ2n) is 10.1. The average Bonchev–Trinajstić information content (AvgIpc) is 2.55. The minimum absolute atomic E-state index is 0. The topological polar surface area (TPSA) is 35.5 Å². The Morgan fingerprint density at radius 1 is 0.964 bits per heavy atom. The lowest BCUT2D eigenvalue weighted by Crippen LogP contribution is -2.46. The van der Waals surface area contributed by atoms with Gasteiger partial charge in [-0.05, 0) is 45.6 Å². The Hall–Kier alpha value is -0.480. The number of hydrogen-bond donors (Lipinski definition) is 2. The van der Waals surface area contributed by atoms with Crippen molar-refractivity contribution < 1.29 is 5.11 Å². The Morgan fingerprint density at radius 3 is 1.75 bits per heavy atom. The normalized spacial score (nSPS) is 18.0. The average molecular weight is 434 g/mol. The molecule has 1 aromatic rings. The zero-order valence-electron chi connectivity index (χ0n) is 19.1. The van der Waals surface area contributed by atoms with E-state index in [2.05, 4.69) is 77.7 Å². The van der Waals surface area contributed by atoms with E-state index in [0.717, 1.165) is 43.7 Å². The number of piperazine rings is 1. The largest absolute Gasteiger partial charge is 0.507 e. The molecule has 1 aliphatic rings. The molecule has 1 saturated heterocycles. The maximum Gasteiger partial charge on any atom is 0.123 e. The lowest BCUT2D eigenvalue weighted by molar-refractivity contribution is 0.128. The summed E-state index contributed by atoms with van der Waals surface area (Å²) in [5.74, 6) is 1.07. The molecule has 0 aromatic heterocycles. The molecule has 1 aliphatic heterocycles. The quantitative estimate of drug-likeness (QED) is 0.628. The highest BCUT2D eigenvalue weighted by atomic mass is 35.5. The standard InChI is InChI=1S/C23H40N2O.2ClH/c1-9-16(2)20(25-12-10-24-11-13-25)17-14-18(22(3,4)5)21(26)19(15-17)23(6,7)8;;/h14-16,20,24,26H,9-13H2,1-8H3;2*1H/t16?,20-;;/m1../s1. The van der Waals surface area contributed by atoms with Crippen molar-refractivity contribution in [3.8, 4) is 5.75 Å². The number of halogens is 2. The van der Waals surface area contributed by atoms with E-state index in [9.17, 15) is 5.11 Å². The Bertz CT molecular complexity index is 579. The molecule has 1 aromatic carbocycles. The van der Waals surface area contributed by atoms with Crippen molar-refractivity contribution >= 4 is 24.8 Å². The molecule has 3 nitrogen and oxygen atoms in total. The van der Waals surface area contributed by atoms with Crippen LogP contribution in [0.25, 0.3) is 0 Å². The van der Waals surface area contributed by atoms with E-state index >= 15 is 0 Å². The molecular formula is C23H42Cl2N2O. The van der Waals surface area contributed by atoms with E-state index in [-0.39, 0.29) is 35.6 Å². The molecule has 0 bridgehead atoms. The molecule has 2 N–H and O–H groups in total. The van der Waals surface area contributed by atoms with Crippen molar-refractivity contribution in [2.24, 2.45) is 5.92 Å². The number of rotatable bonds is 4. The van der Waals surface area contributed by atoms with Crippen LogP contribution < -0.4 is 5.32 Å². The number of nitrogens with zero attached hydrogens (tertiary/aromatic N) is 1. The summed E-state index contributed by atoms with van der Waals surface area (Å²) in [6.07, 6.45) is 1.16. The van der Waals surface area contributed by atoms with Gasteiger partial charge < -0.3 is 10.4 Å². The summed E-state index contributed by atoms with van der Waals surface area (Å²) < 4.78 is 0. The number of hydrogen-bond acceptors (Lipinski definition) is 3. The fourth-order valence-electron chi connectivity index (χ4n) is 4.05. The minimum atomic E-state index is -0.0798. The highest BCUT2D eigenvalue weighted by molar-refractivity contribution is 5.85. The van der Waals surface area contributed by atoms with Crippen LogP contribution in [0.3, 0.4) is 0 Å². The Kier molecular flexibility index (Phi) is 10.3.